The van der Waals surface area contributed by atoms with Crippen LogP contribution in [0.5, 0.6) is 0 Å². The normalized spacial score (nSPS) is 11.2. The van der Waals surface area contributed by atoms with E-state index in [0.29, 0.717) is 10.0 Å². The van der Waals surface area contributed by atoms with Crippen LogP contribution >= 0.6 is 23.2 Å². The van der Waals surface area contributed by atoms with Gasteiger partial charge >= 0.3 is 0 Å². The molecule has 102 valence electrons. The van der Waals surface area contributed by atoms with E-state index in [1.54, 1.807) is 6.07 Å². The number of hydrogen-bond acceptors (Lipinski definition) is 0. The second-order valence-corrected chi connectivity index (χ2v) is 5.77. The topological polar surface area (TPSA) is 4.93 Å². The first-order chi connectivity index (χ1) is 9.67. The van der Waals surface area contributed by atoms with Crippen LogP contribution in [0.15, 0.2) is 48.7 Å². The summed E-state index contributed by atoms with van der Waals surface area (Å²) in [6.45, 7) is 2.93. The van der Waals surface area contributed by atoms with Crippen molar-refractivity contribution in [2.45, 2.75) is 19.9 Å². The summed E-state index contributed by atoms with van der Waals surface area (Å²) in [6, 6.07) is 14.4. The van der Waals surface area contributed by atoms with Gasteiger partial charge in [0.05, 0.1) is 0 Å². The minimum atomic E-state index is 0.670. The predicted molar refractivity (Wildman–Crippen MR) is 86.9 cm³/mol. The van der Waals surface area contributed by atoms with Gasteiger partial charge in [-0.1, -0.05) is 42.3 Å². The van der Waals surface area contributed by atoms with Gasteiger partial charge in [-0.2, -0.15) is 0 Å². The van der Waals surface area contributed by atoms with Gasteiger partial charge < -0.3 is 4.57 Å². The number of fused-ring (bicyclic) bond motifs is 1. The van der Waals surface area contributed by atoms with Gasteiger partial charge in [0, 0.05) is 28.3 Å². The van der Waals surface area contributed by atoms with Gasteiger partial charge in [-0.05, 0) is 53.3 Å². The Morgan fingerprint density at radius 1 is 1.00 bits per heavy atom. The zero-order valence-corrected chi connectivity index (χ0v) is 12.7. The number of aryl methyl sites for hydroxylation is 1. The standard InChI is InChI=1S/C17H15Cl2N/c1-2-12-3-6-17-13(9-12)7-8-20(17)11-14-4-5-15(18)10-16(14)19/h3-10H,2,11H2,1H3. The Balaban J connectivity index is 1.98. The number of aromatic nitrogens is 1. The SMILES string of the molecule is CCc1ccc2c(ccn2Cc2ccc(Cl)cc2Cl)c1. The van der Waals surface area contributed by atoms with Gasteiger partial charge in [0.2, 0.25) is 0 Å². The molecule has 0 aliphatic carbocycles. The van der Waals surface area contributed by atoms with E-state index in [4.69, 9.17) is 23.2 Å². The van der Waals surface area contributed by atoms with Gasteiger partial charge in [0.25, 0.3) is 0 Å². The van der Waals surface area contributed by atoms with Crippen molar-refractivity contribution in [2.75, 3.05) is 0 Å². The molecule has 0 bridgehead atoms. The van der Waals surface area contributed by atoms with Crippen LogP contribution in [0.1, 0.15) is 18.1 Å². The number of rotatable bonds is 3. The van der Waals surface area contributed by atoms with E-state index < -0.39 is 0 Å². The van der Waals surface area contributed by atoms with Crippen LogP contribution in [0, 0.1) is 0 Å². The maximum Gasteiger partial charge on any atom is 0.0490 e. The molecule has 3 heteroatoms. The van der Waals surface area contributed by atoms with Gasteiger partial charge in [-0.15, -0.1) is 0 Å². The second kappa shape index (κ2) is 5.51. The minimum Gasteiger partial charge on any atom is -0.343 e. The Morgan fingerprint density at radius 2 is 1.85 bits per heavy atom. The predicted octanol–water partition coefficient (Wildman–Crippen LogP) is 5.56. The molecule has 20 heavy (non-hydrogen) atoms. The molecule has 0 spiro atoms. The molecule has 2 aromatic carbocycles. The van der Waals surface area contributed by atoms with Crippen LogP contribution < -0.4 is 0 Å². The van der Waals surface area contributed by atoms with Crippen molar-refractivity contribution in [3.8, 4) is 0 Å². The molecule has 0 aliphatic heterocycles. The fourth-order valence-electron chi connectivity index (χ4n) is 2.44. The highest BCUT2D eigenvalue weighted by atomic mass is 35.5. The summed E-state index contributed by atoms with van der Waals surface area (Å²) in [5.74, 6) is 0. The number of benzene rings is 2. The van der Waals surface area contributed by atoms with E-state index >= 15 is 0 Å². The first kappa shape index (κ1) is 13.5. The zero-order chi connectivity index (χ0) is 14.1. The molecule has 0 radical (unpaired) electrons. The molecular weight excluding hydrogens is 289 g/mol. The lowest BCUT2D eigenvalue weighted by Gasteiger charge is -2.08. The molecule has 0 atom stereocenters. The third-order valence-electron chi connectivity index (χ3n) is 3.60. The van der Waals surface area contributed by atoms with Gasteiger partial charge in [-0.3, -0.25) is 0 Å². The average Bonchev–Trinajstić information content (AvgIpc) is 2.84. The van der Waals surface area contributed by atoms with Crippen LogP contribution in [0.3, 0.4) is 0 Å². The van der Waals surface area contributed by atoms with Crippen molar-refractivity contribution >= 4 is 34.1 Å². The maximum atomic E-state index is 6.25. The smallest absolute Gasteiger partial charge is 0.0490 e. The molecule has 0 N–H and O–H groups in total. The Labute approximate surface area is 128 Å². The highest BCUT2D eigenvalue weighted by Gasteiger charge is 2.06. The fraction of sp³-hybridized carbons (Fsp3) is 0.176. The Kier molecular flexibility index (Phi) is 3.73. The summed E-state index contributed by atoms with van der Waals surface area (Å²) >= 11 is 12.2. The average molecular weight is 304 g/mol. The van der Waals surface area contributed by atoms with Crippen LogP contribution in [0.2, 0.25) is 10.0 Å². The van der Waals surface area contributed by atoms with Crippen molar-refractivity contribution in [1.29, 1.82) is 0 Å². The molecule has 0 saturated carbocycles. The minimum absolute atomic E-state index is 0.670. The molecule has 0 aliphatic rings. The summed E-state index contributed by atoms with van der Waals surface area (Å²) < 4.78 is 2.21. The van der Waals surface area contributed by atoms with Crippen LogP contribution in [0.4, 0.5) is 0 Å². The Bertz CT molecular complexity index is 759. The molecule has 0 fully saturated rings. The van der Waals surface area contributed by atoms with Crippen LogP contribution in [0.25, 0.3) is 10.9 Å². The molecule has 0 saturated heterocycles. The van der Waals surface area contributed by atoms with E-state index in [0.717, 1.165) is 18.5 Å². The van der Waals surface area contributed by atoms with Crippen LogP contribution in [-0.2, 0) is 13.0 Å². The Morgan fingerprint density at radius 3 is 2.60 bits per heavy atom. The maximum absolute atomic E-state index is 6.25. The van der Waals surface area contributed by atoms with E-state index in [1.165, 1.54) is 16.5 Å². The lowest BCUT2D eigenvalue weighted by atomic mass is 10.1. The van der Waals surface area contributed by atoms with E-state index in [-0.39, 0.29) is 0 Å². The summed E-state index contributed by atoms with van der Waals surface area (Å²) in [5.41, 5.74) is 3.67. The lowest BCUT2D eigenvalue weighted by molar-refractivity contribution is 0.837. The van der Waals surface area contributed by atoms with Gasteiger partial charge in [0.15, 0.2) is 0 Å². The summed E-state index contributed by atoms with van der Waals surface area (Å²) in [5, 5.41) is 2.66. The summed E-state index contributed by atoms with van der Waals surface area (Å²) in [4.78, 5) is 0. The molecule has 3 rings (SSSR count). The molecule has 0 amide bonds. The highest BCUT2D eigenvalue weighted by molar-refractivity contribution is 6.35. The lowest BCUT2D eigenvalue weighted by Crippen LogP contribution is -1.98. The van der Waals surface area contributed by atoms with Crippen molar-refractivity contribution in [3.05, 3.63) is 69.8 Å². The first-order valence-corrected chi connectivity index (χ1v) is 7.44. The van der Waals surface area contributed by atoms with Crippen LogP contribution in [-0.4, -0.2) is 4.57 Å². The van der Waals surface area contributed by atoms with E-state index in [9.17, 15) is 0 Å². The molecule has 1 nitrogen and oxygen atoms in total. The fourth-order valence-corrected chi connectivity index (χ4v) is 2.91. The van der Waals surface area contributed by atoms with Gasteiger partial charge in [0.1, 0.15) is 0 Å². The number of nitrogens with zero attached hydrogens (tertiary/aromatic N) is 1. The third kappa shape index (κ3) is 2.56. The van der Waals surface area contributed by atoms with Crippen molar-refractivity contribution in [2.24, 2.45) is 0 Å². The zero-order valence-electron chi connectivity index (χ0n) is 11.2. The highest BCUT2D eigenvalue weighted by Crippen LogP contribution is 2.24. The second-order valence-electron chi connectivity index (χ2n) is 4.93. The molecular formula is C17H15Cl2N. The first-order valence-electron chi connectivity index (χ1n) is 6.69. The molecule has 1 aromatic heterocycles. The van der Waals surface area contributed by atoms with E-state index in [2.05, 4.69) is 42.0 Å². The summed E-state index contributed by atoms with van der Waals surface area (Å²) in [7, 11) is 0. The van der Waals surface area contributed by atoms with E-state index in [1.807, 2.05) is 12.1 Å². The third-order valence-corrected chi connectivity index (χ3v) is 4.19. The number of halogens is 2. The molecule has 0 unspecified atom stereocenters. The summed E-state index contributed by atoms with van der Waals surface area (Å²) in [6.07, 6.45) is 3.17. The van der Waals surface area contributed by atoms with Crippen molar-refractivity contribution in [1.82, 2.24) is 4.57 Å². The largest absolute Gasteiger partial charge is 0.343 e. The quantitative estimate of drug-likeness (QED) is 0.597. The number of hydrogen-bond donors (Lipinski definition) is 0. The molecule has 1 heterocycles. The Hall–Kier alpha value is -1.44. The van der Waals surface area contributed by atoms with Crippen molar-refractivity contribution in [3.63, 3.8) is 0 Å². The molecule has 3 aromatic rings. The van der Waals surface area contributed by atoms with Gasteiger partial charge in [-0.25, -0.2) is 0 Å². The van der Waals surface area contributed by atoms with Crippen molar-refractivity contribution < 1.29 is 0 Å². The monoisotopic (exact) mass is 303 g/mol.